The van der Waals surface area contributed by atoms with Gasteiger partial charge in [-0.15, -0.1) is 0 Å². The highest BCUT2D eigenvalue weighted by atomic mass is 16.5. The lowest BCUT2D eigenvalue weighted by molar-refractivity contribution is 0.0511. The average molecular weight is 281 g/mol. The van der Waals surface area contributed by atoms with Crippen LogP contribution in [0.4, 0.5) is 0 Å². The van der Waals surface area contributed by atoms with Crippen molar-refractivity contribution in [1.29, 1.82) is 0 Å². The number of esters is 2. The van der Waals surface area contributed by atoms with Crippen molar-refractivity contribution in [3.8, 4) is 0 Å². The Hall–Kier alpha value is -2.11. The average Bonchev–Trinajstić information content (AvgIpc) is 2.71. The zero-order chi connectivity index (χ0) is 15.3. The molecule has 0 aliphatic rings. The van der Waals surface area contributed by atoms with Gasteiger partial charge in [0.25, 0.3) is 0 Å². The maximum absolute atomic E-state index is 12.0. The predicted molar refractivity (Wildman–Crippen MR) is 72.1 cm³/mol. The minimum absolute atomic E-state index is 0.131. The number of carbonyl (C=O) groups is 3. The quantitative estimate of drug-likeness (QED) is 0.588. The summed E-state index contributed by atoms with van der Waals surface area (Å²) in [5.41, 5.74) is 0.906. The standard InChI is InChI=1S/C14H19NO5/c1-5-15-10(8-16)11(13(17)19-6-2)9(4)12(15)14(18)20-7-3/h8H,5-7H2,1-4H3. The van der Waals surface area contributed by atoms with Gasteiger partial charge in [-0.1, -0.05) is 0 Å². The Morgan fingerprint density at radius 3 is 2.10 bits per heavy atom. The summed E-state index contributed by atoms with van der Waals surface area (Å²) in [5.74, 6) is -1.16. The molecule has 0 aromatic carbocycles. The first-order chi connectivity index (χ1) is 9.53. The van der Waals surface area contributed by atoms with Gasteiger partial charge in [-0.2, -0.15) is 0 Å². The summed E-state index contributed by atoms with van der Waals surface area (Å²) in [6, 6.07) is 0. The fraction of sp³-hybridized carbons (Fsp3) is 0.500. The van der Waals surface area contributed by atoms with Gasteiger partial charge in [0.2, 0.25) is 0 Å². The second-order valence-electron chi connectivity index (χ2n) is 4.04. The molecule has 1 heterocycles. The molecule has 0 saturated heterocycles. The summed E-state index contributed by atoms with van der Waals surface area (Å²) in [7, 11) is 0. The second-order valence-corrected chi connectivity index (χ2v) is 4.04. The van der Waals surface area contributed by atoms with Crippen LogP contribution in [0.25, 0.3) is 0 Å². The summed E-state index contributed by atoms with van der Waals surface area (Å²) in [4.78, 5) is 35.2. The molecule has 1 rings (SSSR count). The predicted octanol–water partition coefficient (Wildman–Crippen LogP) is 1.98. The van der Waals surface area contributed by atoms with Gasteiger partial charge in [0, 0.05) is 6.54 Å². The number of hydrogen-bond acceptors (Lipinski definition) is 5. The highest BCUT2D eigenvalue weighted by Crippen LogP contribution is 2.23. The molecule has 1 aromatic heterocycles. The van der Waals surface area contributed by atoms with Gasteiger partial charge in [-0.3, -0.25) is 4.79 Å². The Kier molecular flexibility index (Phi) is 5.49. The first kappa shape index (κ1) is 15.9. The molecule has 0 fully saturated rings. The van der Waals surface area contributed by atoms with Crippen LogP contribution in [0.1, 0.15) is 57.7 Å². The first-order valence-electron chi connectivity index (χ1n) is 6.55. The smallest absolute Gasteiger partial charge is 0.355 e. The minimum Gasteiger partial charge on any atom is -0.462 e. The molecule has 0 spiro atoms. The SMILES string of the molecule is CCOC(=O)c1c(C)c(C(=O)OCC)n(CC)c1C=O. The van der Waals surface area contributed by atoms with E-state index in [1.807, 2.05) is 0 Å². The molecule has 6 nitrogen and oxygen atoms in total. The van der Waals surface area contributed by atoms with Crippen LogP contribution in [0.3, 0.4) is 0 Å². The first-order valence-corrected chi connectivity index (χ1v) is 6.55. The number of nitrogens with zero attached hydrogens (tertiary/aromatic N) is 1. The minimum atomic E-state index is -0.607. The van der Waals surface area contributed by atoms with Crippen molar-refractivity contribution in [2.45, 2.75) is 34.2 Å². The summed E-state index contributed by atoms with van der Waals surface area (Å²) in [6.45, 7) is 7.56. The van der Waals surface area contributed by atoms with E-state index in [2.05, 4.69) is 0 Å². The van der Waals surface area contributed by atoms with Crippen LogP contribution in [0.15, 0.2) is 0 Å². The zero-order valence-electron chi connectivity index (χ0n) is 12.2. The number of aldehydes is 1. The summed E-state index contributed by atoms with van der Waals surface area (Å²) in [5, 5.41) is 0. The number of aromatic nitrogens is 1. The molecule has 0 aliphatic carbocycles. The van der Waals surface area contributed by atoms with Crippen molar-refractivity contribution in [3.05, 3.63) is 22.5 Å². The molecule has 0 atom stereocenters. The summed E-state index contributed by atoms with van der Waals surface area (Å²) in [6.07, 6.45) is 0.561. The molecule has 110 valence electrons. The molecule has 6 heteroatoms. The summed E-state index contributed by atoms with van der Waals surface area (Å²) < 4.78 is 11.4. The van der Waals surface area contributed by atoms with E-state index in [0.29, 0.717) is 18.4 Å². The Morgan fingerprint density at radius 1 is 1.10 bits per heavy atom. The number of carbonyl (C=O) groups excluding carboxylic acids is 3. The van der Waals surface area contributed by atoms with E-state index in [-0.39, 0.29) is 30.2 Å². The van der Waals surface area contributed by atoms with Gasteiger partial charge in [-0.05, 0) is 33.3 Å². The summed E-state index contributed by atoms with van der Waals surface area (Å²) >= 11 is 0. The van der Waals surface area contributed by atoms with Gasteiger partial charge in [0.05, 0.1) is 24.5 Å². The van der Waals surface area contributed by atoms with E-state index in [1.165, 1.54) is 4.57 Å². The number of rotatable bonds is 6. The lowest BCUT2D eigenvalue weighted by atomic mass is 10.1. The monoisotopic (exact) mass is 281 g/mol. The molecular weight excluding hydrogens is 262 g/mol. The van der Waals surface area contributed by atoms with E-state index in [9.17, 15) is 14.4 Å². The molecule has 0 amide bonds. The maximum atomic E-state index is 12.0. The molecule has 1 aromatic rings. The van der Waals surface area contributed by atoms with Crippen molar-refractivity contribution in [2.75, 3.05) is 13.2 Å². The third-order valence-electron chi connectivity index (χ3n) is 2.92. The Labute approximate surface area is 117 Å². The van der Waals surface area contributed by atoms with Crippen molar-refractivity contribution in [3.63, 3.8) is 0 Å². The van der Waals surface area contributed by atoms with Crippen LogP contribution >= 0.6 is 0 Å². The van der Waals surface area contributed by atoms with Gasteiger partial charge in [0.15, 0.2) is 6.29 Å². The zero-order valence-corrected chi connectivity index (χ0v) is 12.2. The van der Waals surface area contributed by atoms with Crippen molar-refractivity contribution in [2.24, 2.45) is 0 Å². The molecule has 0 radical (unpaired) electrons. The normalized spacial score (nSPS) is 10.2. The van der Waals surface area contributed by atoms with Crippen LogP contribution in [0.2, 0.25) is 0 Å². The Balaban J connectivity index is 3.49. The fourth-order valence-electron chi connectivity index (χ4n) is 2.14. The number of hydrogen-bond donors (Lipinski definition) is 0. The highest BCUT2D eigenvalue weighted by Gasteiger charge is 2.29. The Morgan fingerprint density at radius 2 is 1.65 bits per heavy atom. The van der Waals surface area contributed by atoms with Gasteiger partial charge in [-0.25, -0.2) is 9.59 Å². The molecule has 0 unspecified atom stereocenters. The van der Waals surface area contributed by atoms with E-state index < -0.39 is 11.9 Å². The largest absolute Gasteiger partial charge is 0.462 e. The molecule has 0 saturated carbocycles. The van der Waals surface area contributed by atoms with Crippen molar-refractivity contribution in [1.82, 2.24) is 4.57 Å². The lowest BCUT2D eigenvalue weighted by Crippen LogP contribution is -2.14. The van der Waals surface area contributed by atoms with E-state index >= 15 is 0 Å². The second kappa shape index (κ2) is 6.88. The van der Waals surface area contributed by atoms with Gasteiger partial charge in [0.1, 0.15) is 5.69 Å². The molecular formula is C14H19NO5. The van der Waals surface area contributed by atoms with E-state index in [0.717, 1.165) is 0 Å². The topological polar surface area (TPSA) is 74.6 Å². The van der Waals surface area contributed by atoms with Crippen LogP contribution < -0.4 is 0 Å². The van der Waals surface area contributed by atoms with E-state index in [1.54, 1.807) is 27.7 Å². The van der Waals surface area contributed by atoms with Crippen LogP contribution in [-0.4, -0.2) is 36.0 Å². The Bertz CT molecular complexity index is 530. The van der Waals surface area contributed by atoms with Crippen LogP contribution in [0.5, 0.6) is 0 Å². The molecule has 0 N–H and O–H groups in total. The van der Waals surface area contributed by atoms with Crippen LogP contribution in [0, 0.1) is 6.92 Å². The molecule has 0 aliphatic heterocycles. The number of ether oxygens (including phenoxy) is 2. The van der Waals surface area contributed by atoms with Gasteiger partial charge < -0.3 is 14.0 Å². The maximum Gasteiger partial charge on any atom is 0.355 e. The van der Waals surface area contributed by atoms with Gasteiger partial charge >= 0.3 is 11.9 Å². The third-order valence-corrected chi connectivity index (χ3v) is 2.92. The van der Waals surface area contributed by atoms with Crippen molar-refractivity contribution >= 4 is 18.2 Å². The lowest BCUT2D eigenvalue weighted by Gasteiger charge is -2.07. The fourth-order valence-corrected chi connectivity index (χ4v) is 2.14. The third kappa shape index (κ3) is 2.74. The molecule has 20 heavy (non-hydrogen) atoms. The highest BCUT2D eigenvalue weighted by molar-refractivity contribution is 6.03. The van der Waals surface area contributed by atoms with Crippen LogP contribution in [-0.2, 0) is 16.0 Å². The molecule has 0 bridgehead atoms. The van der Waals surface area contributed by atoms with E-state index in [4.69, 9.17) is 9.47 Å². The van der Waals surface area contributed by atoms with Crippen molar-refractivity contribution < 1.29 is 23.9 Å².